The van der Waals surface area contributed by atoms with Crippen molar-refractivity contribution in [1.82, 2.24) is 10.2 Å². The summed E-state index contributed by atoms with van der Waals surface area (Å²) >= 11 is 1.40. The maximum atomic E-state index is 12.7. The predicted molar refractivity (Wildman–Crippen MR) is 117 cm³/mol. The first kappa shape index (κ1) is 21.2. The molecule has 0 radical (unpaired) electrons. The minimum absolute atomic E-state index is 0.0719. The molecule has 0 aromatic heterocycles. The van der Waals surface area contributed by atoms with Crippen molar-refractivity contribution < 1.29 is 19.1 Å². The summed E-state index contributed by atoms with van der Waals surface area (Å²) in [7, 11) is 1.62. The number of ether oxygens (including phenoxy) is 2. The number of carbonyl (C=O) groups is 2. The number of hydrogen-bond acceptors (Lipinski definition) is 5. The van der Waals surface area contributed by atoms with Crippen LogP contribution in [0.2, 0.25) is 0 Å². The number of nitrogens with zero attached hydrogens (tertiary/aromatic N) is 2. The van der Waals surface area contributed by atoms with Crippen LogP contribution in [0.15, 0.2) is 29.3 Å². The first-order valence-electron chi connectivity index (χ1n) is 10.7. The summed E-state index contributed by atoms with van der Waals surface area (Å²) < 4.78 is 11.1. The molecule has 4 rings (SSSR count). The van der Waals surface area contributed by atoms with Crippen LogP contribution in [0.25, 0.3) is 0 Å². The molecule has 2 fully saturated rings. The molecule has 3 unspecified atom stereocenters. The number of urea groups is 1. The van der Waals surface area contributed by atoms with E-state index in [4.69, 9.17) is 9.47 Å². The van der Waals surface area contributed by atoms with Gasteiger partial charge in [0.15, 0.2) is 0 Å². The second-order valence-corrected chi connectivity index (χ2v) is 9.00. The molecule has 30 heavy (non-hydrogen) atoms. The van der Waals surface area contributed by atoms with Crippen LogP contribution >= 0.6 is 11.8 Å². The van der Waals surface area contributed by atoms with Gasteiger partial charge in [-0.3, -0.25) is 4.79 Å². The van der Waals surface area contributed by atoms with Gasteiger partial charge in [-0.25, -0.2) is 4.79 Å². The average Bonchev–Trinajstić information content (AvgIpc) is 3.45. The van der Waals surface area contributed by atoms with Crippen molar-refractivity contribution in [2.45, 2.75) is 50.8 Å². The number of fused-ring (bicyclic) bond motifs is 1. The Hall–Kier alpha value is -2.06. The van der Waals surface area contributed by atoms with Gasteiger partial charge in [0, 0.05) is 37.2 Å². The first-order chi connectivity index (χ1) is 14.7. The number of rotatable bonds is 7. The van der Waals surface area contributed by atoms with E-state index >= 15 is 0 Å². The Balaban J connectivity index is 1.32. The summed E-state index contributed by atoms with van der Waals surface area (Å²) in [6.45, 7) is 1.84. The van der Waals surface area contributed by atoms with E-state index in [0.29, 0.717) is 13.1 Å². The Morgan fingerprint density at radius 3 is 2.97 bits per heavy atom. The molecule has 3 aliphatic rings. The fourth-order valence-electron chi connectivity index (χ4n) is 4.58. The quantitative estimate of drug-likeness (QED) is 0.717. The summed E-state index contributed by atoms with van der Waals surface area (Å²) in [6.07, 6.45) is 5.33. The summed E-state index contributed by atoms with van der Waals surface area (Å²) in [5.41, 5.74) is 0.934. The summed E-state index contributed by atoms with van der Waals surface area (Å²) in [5, 5.41) is 3.75. The van der Waals surface area contributed by atoms with Crippen LogP contribution in [0, 0.1) is 5.92 Å². The third-order valence-corrected chi connectivity index (χ3v) is 7.19. The van der Waals surface area contributed by atoms with Crippen LogP contribution in [0.4, 0.5) is 4.79 Å². The van der Waals surface area contributed by atoms with E-state index in [1.165, 1.54) is 11.8 Å². The highest BCUT2D eigenvalue weighted by Crippen LogP contribution is 2.38. The van der Waals surface area contributed by atoms with Gasteiger partial charge in [0.25, 0.3) is 0 Å². The lowest BCUT2D eigenvalue weighted by molar-refractivity contribution is -0.118. The third kappa shape index (κ3) is 4.81. The predicted octanol–water partition coefficient (Wildman–Crippen LogP) is 3.23. The molecule has 1 aliphatic carbocycles. The van der Waals surface area contributed by atoms with E-state index in [9.17, 15) is 9.59 Å². The van der Waals surface area contributed by atoms with Gasteiger partial charge < -0.3 is 19.7 Å². The maximum Gasteiger partial charge on any atom is 0.344 e. The first-order valence-corrected chi connectivity index (χ1v) is 11.7. The lowest BCUT2D eigenvalue weighted by atomic mass is 10.0. The third-order valence-electron chi connectivity index (χ3n) is 6.09. The molecule has 8 heteroatoms. The molecular formula is C22H29N3O4S. The lowest BCUT2D eigenvalue weighted by Crippen LogP contribution is -2.49. The number of nitrogens with one attached hydrogen (secondary N) is 1. The van der Waals surface area contributed by atoms with Crippen molar-refractivity contribution in [1.29, 1.82) is 0 Å². The number of carbonyl (C=O) groups excluding carboxylic acids is 2. The lowest BCUT2D eigenvalue weighted by Gasteiger charge is -2.37. The van der Waals surface area contributed by atoms with Gasteiger partial charge in [0.2, 0.25) is 5.91 Å². The number of thioether (sulfide) groups is 1. The number of benzene rings is 1. The van der Waals surface area contributed by atoms with Crippen molar-refractivity contribution in [3.05, 3.63) is 29.8 Å². The minimum Gasteiger partial charge on any atom is -0.496 e. The number of methoxy groups -OCH3 is 1. The second-order valence-electron chi connectivity index (χ2n) is 8.00. The molecule has 7 nitrogen and oxygen atoms in total. The topological polar surface area (TPSA) is 80.2 Å². The highest BCUT2D eigenvalue weighted by molar-refractivity contribution is 8.14. The number of amides is 3. The van der Waals surface area contributed by atoms with Crippen LogP contribution in [0.1, 0.15) is 37.7 Å². The van der Waals surface area contributed by atoms with Gasteiger partial charge in [-0.2, -0.15) is 4.99 Å². The second kappa shape index (κ2) is 9.83. The molecule has 162 valence electrons. The van der Waals surface area contributed by atoms with Gasteiger partial charge in [0.1, 0.15) is 5.75 Å². The molecular weight excluding hydrogens is 402 g/mol. The van der Waals surface area contributed by atoms with E-state index < -0.39 is 0 Å². The number of hydrogen-bond donors (Lipinski definition) is 1. The fraction of sp³-hybridized carbons (Fsp3) is 0.591. The SMILES string of the molecule is COc1ccccc1CNC(=O)CSC1=NC(=O)N(CC2CCCO2)C2CCCC12. The van der Waals surface area contributed by atoms with Gasteiger partial charge in [0.05, 0.1) is 24.0 Å². The van der Waals surface area contributed by atoms with Crippen molar-refractivity contribution in [2.24, 2.45) is 10.9 Å². The normalized spacial score (nSPS) is 25.8. The van der Waals surface area contributed by atoms with Crippen molar-refractivity contribution in [3.8, 4) is 5.75 Å². The van der Waals surface area contributed by atoms with Crippen LogP contribution in [0.5, 0.6) is 5.75 Å². The van der Waals surface area contributed by atoms with E-state index in [2.05, 4.69) is 10.3 Å². The van der Waals surface area contributed by atoms with Crippen molar-refractivity contribution >= 4 is 28.7 Å². The molecule has 1 saturated heterocycles. The smallest absolute Gasteiger partial charge is 0.344 e. The van der Waals surface area contributed by atoms with Crippen molar-refractivity contribution in [3.63, 3.8) is 0 Å². The van der Waals surface area contributed by atoms with E-state index in [0.717, 1.165) is 55.1 Å². The summed E-state index contributed by atoms with van der Waals surface area (Å²) in [4.78, 5) is 31.4. The Morgan fingerprint density at radius 2 is 2.17 bits per heavy atom. The monoisotopic (exact) mass is 431 g/mol. The van der Waals surface area contributed by atoms with Crippen LogP contribution in [-0.2, 0) is 16.1 Å². The average molecular weight is 432 g/mol. The molecule has 0 spiro atoms. The number of aliphatic imine (C=N–C) groups is 1. The minimum atomic E-state index is -0.175. The van der Waals surface area contributed by atoms with Gasteiger partial charge in [-0.15, -0.1) is 11.8 Å². The molecule has 1 aromatic rings. The molecule has 0 bridgehead atoms. The van der Waals surface area contributed by atoms with Crippen LogP contribution in [0.3, 0.4) is 0 Å². The standard InChI is InChI=1S/C22H29N3O4S/c1-28-19-10-3-2-6-15(19)12-23-20(26)14-30-21-17-8-4-9-18(17)25(22(27)24-21)13-16-7-5-11-29-16/h2-3,6,10,16-18H,4-5,7-9,11-14H2,1H3,(H,23,26). The van der Waals surface area contributed by atoms with Crippen LogP contribution in [-0.4, -0.2) is 60.0 Å². The zero-order valence-electron chi connectivity index (χ0n) is 17.3. The Bertz CT molecular complexity index is 809. The fourth-order valence-corrected chi connectivity index (χ4v) is 5.59. The van der Waals surface area contributed by atoms with E-state index in [1.54, 1.807) is 7.11 Å². The van der Waals surface area contributed by atoms with Gasteiger partial charge in [-0.05, 0) is 31.7 Å². The molecule has 1 aromatic carbocycles. The Labute approximate surface area is 181 Å². The summed E-state index contributed by atoms with van der Waals surface area (Å²) in [5.74, 6) is 1.19. The largest absolute Gasteiger partial charge is 0.496 e. The number of para-hydroxylation sites is 1. The van der Waals surface area contributed by atoms with Gasteiger partial charge in [-0.1, -0.05) is 24.6 Å². The molecule has 1 N–H and O–H groups in total. The highest BCUT2D eigenvalue weighted by Gasteiger charge is 2.42. The summed E-state index contributed by atoms with van der Waals surface area (Å²) in [6, 6.07) is 7.65. The van der Waals surface area contributed by atoms with Crippen LogP contribution < -0.4 is 10.1 Å². The molecule has 3 amide bonds. The van der Waals surface area contributed by atoms with Gasteiger partial charge >= 0.3 is 6.03 Å². The highest BCUT2D eigenvalue weighted by atomic mass is 32.2. The zero-order chi connectivity index (χ0) is 20.9. The molecule has 2 aliphatic heterocycles. The Morgan fingerprint density at radius 1 is 1.30 bits per heavy atom. The molecule has 1 saturated carbocycles. The van der Waals surface area contributed by atoms with Crippen molar-refractivity contribution in [2.75, 3.05) is 26.0 Å². The molecule has 2 heterocycles. The Kier molecular flexibility index (Phi) is 6.94. The maximum absolute atomic E-state index is 12.7. The van der Waals surface area contributed by atoms with E-state index in [1.807, 2.05) is 29.2 Å². The van der Waals surface area contributed by atoms with E-state index in [-0.39, 0.29) is 35.8 Å². The molecule has 3 atom stereocenters. The zero-order valence-corrected chi connectivity index (χ0v) is 18.2.